The number of hydrogen-bond acceptors (Lipinski definition) is 3. The van der Waals surface area contributed by atoms with Crippen molar-refractivity contribution in [3.63, 3.8) is 0 Å². The molecule has 0 amide bonds. The number of benzene rings is 1. The highest BCUT2D eigenvalue weighted by molar-refractivity contribution is 9.09. The van der Waals surface area contributed by atoms with E-state index < -0.39 is 0 Å². The summed E-state index contributed by atoms with van der Waals surface area (Å²) >= 11 is 3.45. The van der Waals surface area contributed by atoms with Crippen LogP contribution in [0, 0.1) is 5.92 Å². The molecule has 0 fully saturated rings. The summed E-state index contributed by atoms with van der Waals surface area (Å²) in [4.78, 5) is 0. The predicted octanol–water partition coefficient (Wildman–Crippen LogP) is 3.89. The Bertz CT molecular complexity index is 333. The van der Waals surface area contributed by atoms with Gasteiger partial charge in [-0.25, -0.2) is 0 Å². The molecular formula is C14H21BrO3. The zero-order chi connectivity index (χ0) is 13.4. The number of halogens is 1. The van der Waals surface area contributed by atoms with Gasteiger partial charge in [-0.2, -0.15) is 0 Å². The Morgan fingerprint density at radius 2 is 1.72 bits per heavy atom. The van der Waals surface area contributed by atoms with Gasteiger partial charge in [-0.15, -0.1) is 0 Å². The number of ether oxygens (including phenoxy) is 3. The van der Waals surface area contributed by atoms with Gasteiger partial charge in [-0.3, -0.25) is 0 Å². The van der Waals surface area contributed by atoms with E-state index in [9.17, 15) is 0 Å². The highest BCUT2D eigenvalue weighted by Gasteiger charge is 2.11. The fourth-order valence-electron chi connectivity index (χ4n) is 1.65. The zero-order valence-corrected chi connectivity index (χ0v) is 12.8. The smallest absolute Gasteiger partial charge is 0.203 e. The molecular weight excluding hydrogens is 296 g/mol. The van der Waals surface area contributed by atoms with Crippen molar-refractivity contribution in [2.75, 3.05) is 26.2 Å². The third kappa shape index (κ3) is 4.41. The molecule has 4 heteroatoms. The largest absolute Gasteiger partial charge is 0.493 e. The van der Waals surface area contributed by atoms with E-state index in [-0.39, 0.29) is 0 Å². The van der Waals surface area contributed by atoms with Gasteiger partial charge in [0.1, 0.15) is 0 Å². The van der Waals surface area contributed by atoms with Crippen LogP contribution in [0.4, 0.5) is 0 Å². The van der Waals surface area contributed by atoms with Gasteiger partial charge in [-0.1, -0.05) is 28.9 Å². The van der Waals surface area contributed by atoms with Gasteiger partial charge in [0.15, 0.2) is 11.5 Å². The molecule has 3 nitrogen and oxygen atoms in total. The average Bonchev–Trinajstić information content (AvgIpc) is 2.39. The summed E-state index contributed by atoms with van der Waals surface area (Å²) < 4.78 is 16.4. The van der Waals surface area contributed by atoms with Crippen LogP contribution in [0.2, 0.25) is 0 Å². The standard InChI is InChI=1S/C14H21BrO3/c1-11(7-9-15)8-10-18-14-12(16-2)5-4-6-13(14)17-3/h4-6,11H,7-10H2,1-3H3. The van der Waals surface area contributed by atoms with Gasteiger partial charge in [0.05, 0.1) is 20.8 Å². The summed E-state index contributed by atoms with van der Waals surface area (Å²) in [6, 6.07) is 5.64. The van der Waals surface area contributed by atoms with Crippen LogP contribution in [0.5, 0.6) is 17.2 Å². The Hall–Kier alpha value is -0.900. The first-order valence-electron chi connectivity index (χ1n) is 6.12. The fraction of sp³-hybridized carbons (Fsp3) is 0.571. The van der Waals surface area contributed by atoms with Crippen LogP contribution >= 0.6 is 15.9 Å². The number of rotatable bonds is 8. The molecule has 0 saturated carbocycles. The lowest BCUT2D eigenvalue weighted by Crippen LogP contribution is -2.06. The topological polar surface area (TPSA) is 27.7 Å². The lowest BCUT2D eigenvalue weighted by atomic mass is 10.1. The van der Waals surface area contributed by atoms with Crippen LogP contribution in [0.25, 0.3) is 0 Å². The van der Waals surface area contributed by atoms with Gasteiger partial charge in [0.25, 0.3) is 0 Å². The van der Waals surface area contributed by atoms with Crippen LogP contribution in [-0.2, 0) is 0 Å². The molecule has 102 valence electrons. The quantitative estimate of drug-likeness (QED) is 0.681. The molecule has 0 aliphatic rings. The minimum atomic E-state index is 0.644. The first-order valence-corrected chi connectivity index (χ1v) is 7.24. The average molecular weight is 317 g/mol. The zero-order valence-electron chi connectivity index (χ0n) is 11.2. The second kappa shape index (κ2) is 8.25. The van der Waals surface area contributed by atoms with Crippen molar-refractivity contribution in [1.82, 2.24) is 0 Å². The van der Waals surface area contributed by atoms with Crippen molar-refractivity contribution in [1.29, 1.82) is 0 Å². The van der Waals surface area contributed by atoms with Crippen LogP contribution in [0.15, 0.2) is 18.2 Å². The van der Waals surface area contributed by atoms with E-state index in [1.165, 1.54) is 0 Å². The maximum atomic E-state index is 5.80. The Morgan fingerprint density at radius 1 is 1.11 bits per heavy atom. The third-order valence-electron chi connectivity index (χ3n) is 2.84. The lowest BCUT2D eigenvalue weighted by molar-refractivity contribution is 0.253. The maximum Gasteiger partial charge on any atom is 0.203 e. The molecule has 0 radical (unpaired) electrons. The van der Waals surface area contributed by atoms with E-state index in [0.29, 0.717) is 29.8 Å². The second-order valence-electron chi connectivity index (χ2n) is 4.21. The molecule has 0 N–H and O–H groups in total. The third-order valence-corrected chi connectivity index (χ3v) is 3.30. The molecule has 0 saturated heterocycles. The van der Waals surface area contributed by atoms with Crippen LogP contribution in [-0.4, -0.2) is 26.2 Å². The second-order valence-corrected chi connectivity index (χ2v) is 5.00. The van der Waals surface area contributed by atoms with Crippen LogP contribution in [0.1, 0.15) is 19.8 Å². The van der Waals surface area contributed by atoms with Crippen molar-refractivity contribution in [3.8, 4) is 17.2 Å². The van der Waals surface area contributed by atoms with Gasteiger partial charge in [0, 0.05) is 5.33 Å². The van der Waals surface area contributed by atoms with Crippen LogP contribution in [0.3, 0.4) is 0 Å². The SMILES string of the molecule is COc1cccc(OC)c1OCCC(C)CCBr. The minimum Gasteiger partial charge on any atom is -0.493 e. The number of para-hydroxylation sites is 1. The number of methoxy groups -OCH3 is 2. The molecule has 18 heavy (non-hydrogen) atoms. The van der Waals surface area contributed by atoms with Crippen LogP contribution < -0.4 is 14.2 Å². The molecule has 1 rings (SSSR count). The van der Waals surface area contributed by atoms with E-state index in [2.05, 4.69) is 22.9 Å². The summed E-state index contributed by atoms with van der Waals surface area (Å²) in [6.07, 6.45) is 2.18. The fourth-order valence-corrected chi connectivity index (χ4v) is 2.43. The highest BCUT2D eigenvalue weighted by atomic mass is 79.9. The van der Waals surface area contributed by atoms with E-state index in [1.807, 2.05) is 18.2 Å². The van der Waals surface area contributed by atoms with Gasteiger partial charge in [0.2, 0.25) is 5.75 Å². The minimum absolute atomic E-state index is 0.644. The highest BCUT2D eigenvalue weighted by Crippen LogP contribution is 2.36. The van der Waals surface area contributed by atoms with E-state index in [4.69, 9.17) is 14.2 Å². The monoisotopic (exact) mass is 316 g/mol. The molecule has 0 bridgehead atoms. The normalized spacial score (nSPS) is 12.0. The molecule has 0 aliphatic carbocycles. The van der Waals surface area contributed by atoms with Gasteiger partial charge in [-0.05, 0) is 30.9 Å². The first kappa shape index (κ1) is 15.2. The van der Waals surface area contributed by atoms with E-state index in [0.717, 1.165) is 18.2 Å². The van der Waals surface area contributed by atoms with E-state index >= 15 is 0 Å². The molecule has 1 aromatic carbocycles. The molecule has 0 aromatic heterocycles. The van der Waals surface area contributed by atoms with Gasteiger partial charge < -0.3 is 14.2 Å². The maximum absolute atomic E-state index is 5.80. The number of alkyl halides is 1. The first-order chi connectivity index (χ1) is 8.72. The van der Waals surface area contributed by atoms with Crippen molar-refractivity contribution in [2.24, 2.45) is 5.92 Å². The molecule has 0 spiro atoms. The Balaban J connectivity index is 2.60. The van der Waals surface area contributed by atoms with Crippen molar-refractivity contribution < 1.29 is 14.2 Å². The van der Waals surface area contributed by atoms with E-state index in [1.54, 1.807) is 14.2 Å². The summed E-state index contributed by atoms with van der Waals surface area (Å²) in [7, 11) is 3.27. The summed E-state index contributed by atoms with van der Waals surface area (Å²) in [5.41, 5.74) is 0. The molecule has 1 unspecified atom stereocenters. The molecule has 1 atom stereocenters. The Kier molecular flexibility index (Phi) is 6.94. The summed E-state index contributed by atoms with van der Waals surface area (Å²) in [5.74, 6) is 2.75. The van der Waals surface area contributed by atoms with Gasteiger partial charge >= 0.3 is 0 Å². The van der Waals surface area contributed by atoms with Crippen molar-refractivity contribution >= 4 is 15.9 Å². The summed E-state index contributed by atoms with van der Waals surface area (Å²) in [6.45, 7) is 2.90. The van der Waals surface area contributed by atoms with Crippen molar-refractivity contribution in [2.45, 2.75) is 19.8 Å². The van der Waals surface area contributed by atoms with Crippen molar-refractivity contribution in [3.05, 3.63) is 18.2 Å². The lowest BCUT2D eigenvalue weighted by Gasteiger charge is -2.15. The molecule has 0 heterocycles. The number of hydrogen-bond donors (Lipinski definition) is 0. The molecule has 0 aliphatic heterocycles. The summed E-state index contributed by atoms with van der Waals surface area (Å²) in [5, 5.41) is 1.03. The Labute approximate surface area is 118 Å². The molecule has 1 aromatic rings. The predicted molar refractivity (Wildman–Crippen MR) is 77.2 cm³/mol. The Morgan fingerprint density at radius 3 is 2.22 bits per heavy atom.